The van der Waals surface area contributed by atoms with Gasteiger partial charge in [0.15, 0.2) is 5.58 Å². The number of esters is 1. The fraction of sp³-hybridized carbons (Fsp3) is 0.100. The minimum atomic E-state index is -0.551. The standard InChI is InChI=1S/C20H16N2O3/c1-2-24-20(23)14-12-16-18(25-19(14)21)17(13-8-4-3-5-9-13)15-10-6-7-11-22(15)16/h3-12,21H,2H2,1H3. The van der Waals surface area contributed by atoms with Crippen LogP contribution in [0.5, 0.6) is 0 Å². The number of nitrogens with one attached hydrogen (secondary N) is 1. The summed E-state index contributed by atoms with van der Waals surface area (Å²) < 4.78 is 12.8. The summed E-state index contributed by atoms with van der Waals surface area (Å²) >= 11 is 0. The van der Waals surface area contributed by atoms with Crippen molar-refractivity contribution < 1.29 is 13.9 Å². The van der Waals surface area contributed by atoms with E-state index in [1.165, 1.54) is 0 Å². The first-order chi connectivity index (χ1) is 12.2. The molecular weight excluding hydrogens is 316 g/mol. The Balaban J connectivity index is 2.10. The lowest BCUT2D eigenvalue weighted by Gasteiger charge is -2.03. The maximum atomic E-state index is 12.1. The molecule has 124 valence electrons. The van der Waals surface area contributed by atoms with Gasteiger partial charge in [-0.1, -0.05) is 36.4 Å². The summed E-state index contributed by atoms with van der Waals surface area (Å²) in [5, 5.41) is 8.12. The van der Waals surface area contributed by atoms with E-state index in [1.807, 2.05) is 59.1 Å². The summed E-state index contributed by atoms with van der Waals surface area (Å²) in [4.78, 5) is 12.1. The van der Waals surface area contributed by atoms with Crippen LogP contribution in [0.1, 0.15) is 17.3 Å². The summed E-state index contributed by atoms with van der Waals surface area (Å²) in [7, 11) is 0. The number of nitrogens with zero attached hydrogens (tertiary/aromatic N) is 1. The van der Waals surface area contributed by atoms with Crippen molar-refractivity contribution in [1.82, 2.24) is 4.40 Å². The zero-order valence-corrected chi connectivity index (χ0v) is 13.7. The van der Waals surface area contributed by atoms with Crippen LogP contribution in [0.2, 0.25) is 0 Å². The molecule has 5 heteroatoms. The van der Waals surface area contributed by atoms with Gasteiger partial charge in [0.25, 0.3) is 0 Å². The smallest absolute Gasteiger partial charge is 0.343 e. The zero-order chi connectivity index (χ0) is 17.4. The Morgan fingerprint density at radius 3 is 2.64 bits per heavy atom. The molecule has 25 heavy (non-hydrogen) atoms. The number of rotatable bonds is 3. The Morgan fingerprint density at radius 1 is 1.12 bits per heavy atom. The highest BCUT2D eigenvalue weighted by Crippen LogP contribution is 2.34. The third-order valence-electron chi connectivity index (χ3n) is 4.12. The van der Waals surface area contributed by atoms with Crippen LogP contribution in [0, 0.1) is 5.41 Å². The molecule has 0 saturated carbocycles. The van der Waals surface area contributed by atoms with Crippen LogP contribution in [-0.2, 0) is 4.74 Å². The number of fused-ring (bicyclic) bond motifs is 3. The average Bonchev–Trinajstić information content (AvgIpc) is 2.95. The molecule has 0 spiro atoms. The molecule has 0 aliphatic carbocycles. The molecule has 0 amide bonds. The number of carbonyl (C=O) groups is 1. The van der Waals surface area contributed by atoms with Crippen LogP contribution in [0.15, 0.2) is 65.2 Å². The van der Waals surface area contributed by atoms with Crippen LogP contribution in [0.4, 0.5) is 0 Å². The van der Waals surface area contributed by atoms with Crippen LogP contribution in [0.25, 0.3) is 27.7 Å². The summed E-state index contributed by atoms with van der Waals surface area (Å²) in [5.41, 5.74) is 4.08. The van der Waals surface area contributed by atoms with Crippen molar-refractivity contribution in [3.8, 4) is 11.1 Å². The molecule has 5 nitrogen and oxygen atoms in total. The second-order valence-corrected chi connectivity index (χ2v) is 5.62. The van der Waals surface area contributed by atoms with Crippen molar-refractivity contribution in [1.29, 1.82) is 5.41 Å². The van der Waals surface area contributed by atoms with Crippen LogP contribution < -0.4 is 5.55 Å². The van der Waals surface area contributed by atoms with Gasteiger partial charge in [-0.15, -0.1) is 0 Å². The van der Waals surface area contributed by atoms with Gasteiger partial charge in [-0.25, -0.2) is 4.79 Å². The number of hydrogen-bond acceptors (Lipinski definition) is 4. The topological polar surface area (TPSA) is 67.7 Å². The predicted octanol–water partition coefficient (Wildman–Crippen LogP) is 4.01. The quantitative estimate of drug-likeness (QED) is 0.576. The predicted molar refractivity (Wildman–Crippen MR) is 94.4 cm³/mol. The van der Waals surface area contributed by atoms with Gasteiger partial charge in [0.1, 0.15) is 5.56 Å². The number of ether oxygens (including phenoxy) is 1. The van der Waals surface area contributed by atoms with Crippen molar-refractivity contribution in [2.24, 2.45) is 0 Å². The maximum Gasteiger partial charge on any atom is 0.343 e. The van der Waals surface area contributed by atoms with Gasteiger partial charge in [0.2, 0.25) is 5.55 Å². The molecule has 1 N–H and O–H groups in total. The Morgan fingerprint density at radius 2 is 1.88 bits per heavy atom. The van der Waals surface area contributed by atoms with E-state index in [-0.39, 0.29) is 17.7 Å². The Bertz CT molecular complexity index is 1140. The molecule has 0 radical (unpaired) electrons. The maximum absolute atomic E-state index is 12.1. The molecule has 1 aromatic carbocycles. The van der Waals surface area contributed by atoms with Crippen molar-refractivity contribution in [3.05, 3.63) is 71.9 Å². The van der Waals surface area contributed by atoms with E-state index in [0.29, 0.717) is 5.58 Å². The Kier molecular flexibility index (Phi) is 3.61. The van der Waals surface area contributed by atoms with E-state index in [2.05, 4.69) is 0 Å². The normalized spacial score (nSPS) is 11.1. The zero-order valence-electron chi connectivity index (χ0n) is 13.7. The minimum absolute atomic E-state index is 0.122. The molecule has 0 unspecified atom stereocenters. The van der Waals surface area contributed by atoms with Gasteiger partial charge in [0, 0.05) is 6.20 Å². The summed E-state index contributed by atoms with van der Waals surface area (Å²) in [6, 6.07) is 17.4. The third kappa shape index (κ3) is 2.41. The highest BCUT2D eigenvalue weighted by molar-refractivity contribution is 6.04. The van der Waals surface area contributed by atoms with Gasteiger partial charge in [0.05, 0.1) is 23.2 Å². The van der Waals surface area contributed by atoms with Crippen molar-refractivity contribution >= 4 is 22.6 Å². The molecule has 0 bridgehead atoms. The second-order valence-electron chi connectivity index (χ2n) is 5.62. The van der Waals surface area contributed by atoms with E-state index in [4.69, 9.17) is 14.6 Å². The lowest BCUT2D eigenvalue weighted by Crippen LogP contribution is -2.16. The average molecular weight is 332 g/mol. The number of carbonyl (C=O) groups excluding carboxylic acids is 1. The lowest BCUT2D eigenvalue weighted by molar-refractivity contribution is 0.0521. The molecule has 0 fully saturated rings. The summed E-state index contributed by atoms with van der Waals surface area (Å²) in [6.45, 7) is 1.98. The Hall–Kier alpha value is -3.34. The largest absolute Gasteiger partial charge is 0.462 e. The van der Waals surface area contributed by atoms with Gasteiger partial charge < -0.3 is 13.6 Å². The van der Waals surface area contributed by atoms with Crippen molar-refractivity contribution in [3.63, 3.8) is 0 Å². The fourth-order valence-corrected chi connectivity index (χ4v) is 3.05. The van der Waals surface area contributed by atoms with E-state index >= 15 is 0 Å². The monoisotopic (exact) mass is 332 g/mol. The van der Waals surface area contributed by atoms with Crippen molar-refractivity contribution in [2.45, 2.75) is 6.92 Å². The van der Waals surface area contributed by atoms with E-state index in [1.54, 1.807) is 13.0 Å². The van der Waals surface area contributed by atoms with Gasteiger partial charge in [-0.05, 0) is 30.7 Å². The summed E-state index contributed by atoms with van der Waals surface area (Å²) in [5.74, 6) is -0.551. The second kappa shape index (κ2) is 5.94. The number of hydrogen-bond donors (Lipinski definition) is 1. The van der Waals surface area contributed by atoms with E-state index < -0.39 is 5.97 Å². The van der Waals surface area contributed by atoms with Gasteiger partial charge in [-0.2, -0.15) is 0 Å². The highest BCUT2D eigenvalue weighted by atomic mass is 16.5. The first-order valence-corrected chi connectivity index (χ1v) is 8.04. The number of benzene rings is 1. The van der Waals surface area contributed by atoms with Crippen LogP contribution in [0.3, 0.4) is 0 Å². The van der Waals surface area contributed by atoms with Crippen LogP contribution >= 0.6 is 0 Å². The third-order valence-corrected chi connectivity index (χ3v) is 4.12. The lowest BCUT2D eigenvalue weighted by atomic mass is 10.1. The minimum Gasteiger partial charge on any atom is -0.462 e. The molecule has 0 saturated heterocycles. The van der Waals surface area contributed by atoms with E-state index in [0.717, 1.165) is 22.2 Å². The molecule has 0 atom stereocenters. The molecule has 4 rings (SSSR count). The van der Waals surface area contributed by atoms with Crippen LogP contribution in [-0.4, -0.2) is 17.0 Å². The number of aromatic nitrogens is 1. The number of pyridine rings is 1. The van der Waals surface area contributed by atoms with Crippen molar-refractivity contribution in [2.75, 3.05) is 6.61 Å². The molecule has 4 aromatic rings. The first kappa shape index (κ1) is 15.2. The fourth-order valence-electron chi connectivity index (χ4n) is 3.05. The molecule has 3 heterocycles. The molecule has 0 aliphatic rings. The molecule has 0 aliphatic heterocycles. The Labute approximate surface area is 143 Å². The van der Waals surface area contributed by atoms with E-state index in [9.17, 15) is 4.79 Å². The van der Waals surface area contributed by atoms with Gasteiger partial charge >= 0.3 is 5.97 Å². The first-order valence-electron chi connectivity index (χ1n) is 8.04. The highest BCUT2D eigenvalue weighted by Gasteiger charge is 2.19. The SMILES string of the molecule is CCOC(=O)c1cc2c(oc1=N)c(-c1ccccc1)c1ccccn12. The molecular formula is C20H16N2O3. The molecule has 3 aromatic heterocycles. The summed E-state index contributed by atoms with van der Waals surface area (Å²) in [6.07, 6.45) is 1.91. The van der Waals surface area contributed by atoms with Gasteiger partial charge in [-0.3, -0.25) is 5.41 Å².